The number of nitrogens with zero attached hydrogens (tertiary/aromatic N) is 1. The number of ether oxygens (including phenoxy) is 1. The maximum Gasteiger partial charge on any atom is 0.229 e. The number of para-hydroxylation sites is 1. The Labute approximate surface area is 151 Å². The average molecular weight is 356 g/mol. The summed E-state index contributed by atoms with van der Waals surface area (Å²) in [6, 6.07) is 13.2. The summed E-state index contributed by atoms with van der Waals surface area (Å²) in [6.45, 7) is 4.15. The summed E-state index contributed by atoms with van der Waals surface area (Å²) in [5.41, 5.74) is 0.839. The number of nitrogens with one attached hydrogen (secondary N) is 1. The number of carbonyl (C=O) groups is 2. The molecule has 5 nitrogen and oxygen atoms in total. The van der Waals surface area contributed by atoms with Gasteiger partial charge in [0.1, 0.15) is 11.6 Å². The number of carbonyl (C=O) groups excluding carboxylic acids is 2. The van der Waals surface area contributed by atoms with Gasteiger partial charge in [0.05, 0.1) is 17.7 Å². The second-order valence-corrected chi connectivity index (χ2v) is 6.53. The Morgan fingerprint density at radius 3 is 2.54 bits per heavy atom. The smallest absolute Gasteiger partial charge is 0.229 e. The normalized spacial score (nSPS) is 16.8. The van der Waals surface area contributed by atoms with Crippen molar-refractivity contribution in [3.8, 4) is 5.75 Å². The minimum absolute atomic E-state index is 0.0701. The SMILES string of the molecule is CC(C)Oc1ccc(N2C[C@H](C(=O)Nc3ccccc3F)CC2=O)cc1. The van der Waals surface area contributed by atoms with E-state index < -0.39 is 11.7 Å². The highest BCUT2D eigenvalue weighted by molar-refractivity contribution is 6.03. The zero-order chi connectivity index (χ0) is 18.7. The van der Waals surface area contributed by atoms with Gasteiger partial charge in [-0.1, -0.05) is 12.1 Å². The number of rotatable bonds is 5. The molecule has 1 fully saturated rings. The van der Waals surface area contributed by atoms with E-state index in [0.29, 0.717) is 5.69 Å². The fourth-order valence-corrected chi connectivity index (χ4v) is 2.91. The summed E-state index contributed by atoms with van der Waals surface area (Å²) in [5.74, 6) is -0.775. The minimum atomic E-state index is -0.520. The fraction of sp³-hybridized carbons (Fsp3) is 0.300. The molecule has 0 unspecified atom stereocenters. The van der Waals surface area contributed by atoms with E-state index in [1.807, 2.05) is 13.8 Å². The second-order valence-electron chi connectivity index (χ2n) is 6.53. The highest BCUT2D eigenvalue weighted by atomic mass is 19.1. The van der Waals surface area contributed by atoms with Crippen molar-refractivity contribution in [2.75, 3.05) is 16.8 Å². The Kier molecular flexibility index (Phi) is 5.21. The lowest BCUT2D eigenvalue weighted by molar-refractivity contribution is -0.122. The predicted octanol–water partition coefficient (Wildman–Crippen LogP) is 3.60. The molecule has 0 saturated carbocycles. The van der Waals surface area contributed by atoms with Crippen molar-refractivity contribution >= 4 is 23.2 Å². The maximum atomic E-state index is 13.7. The van der Waals surface area contributed by atoms with Gasteiger partial charge in [0, 0.05) is 18.7 Å². The van der Waals surface area contributed by atoms with Crippen molar-refractivity contribution in [1.29, 1.82) is 0 Å². The molecule has 0 bridgehead atoms. The molecule has 0 aromatic heterocycles. The Hall–Kier alpha value is -2.89. The summed E-state index contributed by atoms with van der Waals surface area (Å²) in [7, 11) is 0. The van der Waals surface area contributed by atoms with E-state index in [1.54, 1.807) is 41.3 Å². The Bertz CT molecular complexity index is 805. The standard InChI is InChI=1S/C20H21FN2O3/c1-13(2)26-16-9-7-15(8-10-16)23-12-14(11-19(23)24)20(25)22-18-6-4-3-5-17(18)21/h3-10,13-14H,11-12H2,1-2H3,(H,22,25)/t14-/m1/s1. The molecule has 0 spiro atoms. The van der Waals surface area contributed by atoms with Gasteiger partial charge >= 0.3 is 0 Å². The number of hydrogen-bond acceptors (Lipinski definition) is 3. The van der Waals surface area contributed by atoms with Gasteiger partial charge in [0.2, 0.25) is 11.8 Å². The third-order valence-electron chi connectivity index (χ3n) is 4.15. The van der Waals surface area contributed by atoms with E-state index >= 15 is 0 Å². The molecule has 2 aromatic carbocycles. The monoisotopic (exact) mass is 356 g/mol. The lowest BCUT2D eigenvalue weighted by Gasteiger charge is -2.18. The summed E-state index contributed by atoms with van der Waals surface area (Å²) in [5, 5.41) is 2.56. The molecule has 26 heavy (non-hydrogen) atoms. The lowest BCUT2D eigenvalue weighted by atomic mass is 10.1. The molecule has 6 heteroatoms. The lowest BCUT2D eigenvalue weighted by Crippen LogP contribution is -2.28. The van der Waals surface area contributed by atoms with Gasteiger partial charge in [-0.15, -0.1) is 0 Å². The van der Waals surface area contributed by atoms with Gasteiger partial charge in [0.15, 0.2) is 0 Å². The first-order valence-corrected chi connectivity index (χ1v) is 8.56. The van der Waals surface area contributed by atoms with Crippen LogP contribution < -0.4 is 15.0 Å². The van der Waals surface area contributed by atoms with Crippen LogP contribution in [0.5, 0.6) is 5.75 Å². The topological polar surface area (TPSA) is 58.6 Å². The van der Waals surface area contributed by atoms with Gasteiger partial charge < -0.3 is 15.0 Å². The van der Waals surface area contributed by atoms with Crippen molar-refractivity contribution in [2.24, 2.45) is 5.92 Å². The van der Waals surface area contributed by atoms with Crippen LogP contribution in [0.3, 0.4) is 0 Å². The third-order valence-corrected chi connectivity index (χ3v) is 4.15. The molecule has 1 atom stereocenters. The van der Waals surface area contributed by atoms with E-state index in [-0.39, 0.29) is 36.6 Å². The fourth-order valence-electron chi connectivity index (χ4n) is 2.91. The van der Waals surface area contributed by atoms with Crippen LogP contribution in [-0.4, -0.2) is 24.5 Å². The Balaban J connectivity index is 1.66. The van der Waals surface area contributed by atoms with Crippen molar-refractivity contribution in [3.63, 3.8) is 0 Å². The van der Waals surface area contributed by atoms with E-state index in [4.69, 9.17) is 4.74 Å². The molecule has 2 aromatic rings. The van der Waals surface area contributed by atoms with Gasteiger partial charge in [-0.2, -0.15) is 0 Å². The molecule has 1 N–H and O–H groups in total. The molecule has 2 amide bonds. The van der Waals surface area contributed by atoms with Crippen molar-refractivity contribution in [2.45, 2.75) is 26.4 Å². The van der Waals surface area contributed by atoms with E-state index in [0.717, 1.165) is 5.75 Å². The van der Waals surface area contributed by atoms with Gasteiger partial charge in [0.25, 0.3) is 0 Å². The molecule has 1 heterocycles. The first-order valence-electron chi connectivity index (χ1n) is 8.56. The summed E-state index contributed by atoms with van der Waals surface area (Å²) in [4.78, 5) is 26.3. The van der Waals surface area contributed by atoms with E-state index in [2.05, 4.69) is 5.32 Å². The zero-order valence-corrected chi connectivity index (χ0v) is 14.7. The summed E-state index contributed by atoms with van der Waals surface area (Å²) in [6.07, 6.45) is 0.172. The first kappa shape index (κ1) is 17.9. The van der Waals surface area contributed by atoms with Gasteiger partial charge in [-0.3, -0.25) is 9.59 Å². The van der Waals surface area contributed by atoms with Crippen molar-refractivity contribution < 1.29 is 18.7 Å². The summed E-state index contributed by atoms with van der Waals surface area (Å²) >= 11 is 0. The average Bonchev–Trinajstić information content (AvgIpc) is 2.99. The molecule has 0 radical (unpaired) electrons. The molecular formula is C20H21FN2O3. The number of hydrogen-bond donors (Lipinski definition) is 1. The van der Waals surface area contributed by atoms with Crippen LogP contribution in [0.1, 0.15) is 20.3 Å². The van der Waals surface area contributed by atoms with Crippen LogP contribution in [-0.2, 0) is 9.59 Å². The van der Waals surface area contributed by atoms with E-state index in [9.17, 15) is 14.0 Å². The quantitative estimate of drug-likeness (QED) is 0.890. The number of benzene rings is 2. The van der Waals surface area contributed by atoms with Crippen LogP contribution in [0.15, 0.2) is 48.5 Å². The predicted molar refractivity (Wildman–Crippen MR) is 97.7 cm³/mol. The molecule has 1 aliphatic heterocycles. The largest absolute Gasteiger partial charge is 0.491 e. The van der Waals surface area contributed by atoms with Crippen LogP contribution >= 0.6 is 0 Å². The highest BCUT2D eigenvalue weighted by Gasteiger charge is 2.35. The van der Waals surface area contributed by atoms with Crippen molar-refractivity contribution in [1.82, 2.24) is 0 Å². The third kappa shape index (κ3) is 4.02. The molecule has 136 valence electrons. The maximum absolute atomic E-state index is 13.7. The van der Waals surface area contributed by atoms with Gasteiger partial charge in [-0.05, 0) is 50.2 Å². The van der Waals surface area contributed by atoms with Crippen LogP contribution in [0, 0.1) is 11.7 Å². The molecule has 0 aliphatic carbocycles. The van der Waals surface area contributed by atoms with Crippen molar-refractivity contribution in [3.05, 3.63) is 54.3 Å². The molecule has 3 rings (SSSR count). The summed E-state index contributed by atoms with van der Waals surface area (Å²) < 4.78 is 19.3. The van der Waals surface area contributed by atoms with Crippen LogP contribution in [0.2, 0.25) is 0 Å². The molecular weight excluding hydrogens is 335 g/mol. The van der Waals surface area contributed by atoms with Crippen LogP contribution in [0.25, 0.3) is 0 Å². The Morgan fingerprint density at radius 1 is 1.19 bits per heavy atom. The number of amides is 2. The first-order chi connectivity index (χ1) is 12.4. The van der Waals surface area contributed by atoms with Gasteiger partial charge in [-0.25, -0.2) is 4.39 Å². The van der Waals surface area contributed by atoms with E-state index in [1.165, 1.54) is 12.1 Å². The minimum Gasteiger partial charge on any atom is -0.491 e. The number of halogens is 1. The molecule has 1 saturated heterocycles. The second kappa shape index (κ2) is 7.56. The molecule has 1 aliphatic rings. The van der Waals surface area contributed by atoms with Crippen LogP contribution in [0.4, 0.5) is 15.8 Å². The Morgan fingerprint density at radius 2 is 1.88 bits per heavy atom. The zero-order valence-electron chi connectivity index (χ0n) is 14.7. The number of anilines is 2. The highest BCUT2D eigenvalue weighted by Crippen LogP contribution is 2.28.